The lowest BCUT2D eigenvalue weighted by Gasteiger charge is -2.26. The van der Waals surface area contributed by atoms with Crippen molar-refractivity contribution < 1.29 is 23.4 Å². The number of nitrogens with zero attached hydrogens (tertiary/aromatic N) is 3. The first kappa shape index (κ1) is 27.8. The van der Waals surface area contributed by atoms with Gasteiger partial charge in [0, 0.05) is 56.8 Å². The molecule has 1 aromatic heterocycles. The Morgan fingerprint density at radius 2 is 1.89 bits per heavy atom. The number of aromatic nitrogens is 1. The predicted octanol–water partition coefficient (Wildman–Crippen LogP) is 1.73. The molecule has 11 heteroatoms. The number of rotatable bonds is 11. The zero-order valence-corrected chi connectivity index (χ0v) is 22.1. The van der Waals surface area contributed by atoms with Crippen molar-refractivity contribution >= 4 is 32.6 Å². The highest BCUT2D eigenvalue weighted by atomic mass is 32.2. The Labute approximate surface area is 222 Å². The van der Waals surface area contributed by atoms with E-state index in [4.69, 9.17) is 9.84 Å². The smallest absolute Gasteiger partial charge is 0.250 e. The minimum atomic E-state index is -4.14. The Kier molecular flexibility index (Phi) is 9.17. The van der Waals surface area contributed by atoms with Crippen molar-refractivity contribution in [3.63, 3.8) is 0 Å². The number of hydrogen-bond donors (Lipinski definition) is 4. The van der Waals surface area contributed by atoms with E-state index >= 15 is 0 Å². The molecule has 0 bridgehead atoms. The average Bonchev–Trinajstić information content (AvgIpc) is 3.30. The second-order valence-electron chi connectivity index (χ2n) is 9.17. The molecule has 0 radical (unpaired) electrons. The van der Waals surface area contributed by atoms with Crippen LogP contribution < -0.4 is 10.0 Å². The van der Waals surface area contributed by atoms with E-state index in [1.165, 1.54) is 6.08 Å². The number of sulfonamides is 1. The lowest BCUT2D eigenvalue weighted by Crippen LogP contribution is -2.38. The Morgan fingerprint density at radius 1 is 1.16 bits per heavy atom. The molecular weight excluding hydrogens is 506 g/mol. The standard InChI is InChI=1S/C27H33N5O5S/c1-31-24(16-26(17-28)38(35,36)30-18-25(34)19-33)6-7-27(31)22-3-2-21-15-23(5-4-20(21)14-22)29-8-9-32-10-12-37-13-11-32/h2-7,14-16,25,29-30,33-34H,8-13,18-19H2,1H3/b26-16+. The summed E-state index contributed by atoms with van der Waals surface area (Å²) >= 11 is 0. The Bertz CT molecular complexity index is 1440. The molecule has 4 N–H and O–H groups in total. The number of nitrogens with one attached hydrogen (secondary N) is 2. The number of morpholine rings is 1. The van der Waals surface area contributed by atoms with Crippen LogP contribution in [0.5, 0.6) is 0 Å². The zero-order chi connectivity index (χ0) is 27.1. The molecule has 3 aromatic rings. The molecule has 38 heavy (non-hydrogen) atoms. The molecule has 0 saturated carbocycles. The van der Waals surface area contributed by atoms with E-state index in [9.17, 15) is 18.8 Å². The van der Waals surface area contributed by atoms with Gasteiger partial charge in [-0.2, -0.15) is 5.26 Å². The van der Waals surface area contributed by atoms with Crippen LogP contribution in [0.3, 0.4) is 0 Å². The molecule has 1 fully saturated rings. The molecule has 0 amide bonds. The lowest BCUT2D eigenvalue weighted by molar-refractivity contribution is 0.0398. The van der Waals surface area contributed by atoms with Gasteiger partial charge in [0.1, 0.15) is 6.07 Å². The Morgan fingerprint density at radius 3 is 2.63 bits per heavy atom. The van der Waals surface area contributed by atoms with Gasteiger partial charge >= 0.3 is 0 Å². The zero-order valence-electron chi connectivity index (χ0n) is 21.3. The van der Waals surface area contributed by atoms with Gasteiger partial charge in [-0.05, 0) is 52.7 Å². The summed E-state index contributed by atoms with van der Waals surface area (Å²) in [5.41, 5.74) is 3.42. The molecule has 1 unspecified atom stereocenters. The number of aliphatic hydroxyl groups excluding tert-OH is 2. The van der Waals surface area contributed by atoms with Gasteiger partial charge in [0.2, 0.25) is 0 Å². The minimum absolute atomic E-state index is 0.390. The Balaban J connectivity index is 1.48. The van der Waals surface area contributed by atoms with Crippen molar-refractivity contribution in [2.45, 2.75) is 6.10 Å². The molecule has 0 aliphatic carbocycles. The molecule has 0 spiro atoms. The number of allylic oxidation sites excluding steroid dienone is 1. The van der Waals surface area contributed by atoms with Gasteiger partial charge in [0.15, 0.2) is 4.91 Å². The maximum absolute atomic E-state index is 12.5. The van der Waals surface area contributed by atoms with Crippen LogP contribution in [0.15, 0.2) is 53.4 Å². The fraction of sp³-hybridized carbons (Fsp3) is 0.370. The number of fused-ring (bicyclic) bond motifs is 1. The average molecular weight is 540 g/mol. The SMILES string of the molecule is Cn1c(/C=C(\C#N)S(=O)(=O)NCC(O)CO)ccc1-c1ccc2cc(NCCN3CCOCC3)ccc2c1. The number of hydrogen-bond acceptors (Lipinski definition) is 8. The molecule has 1 atom stereocenters. The molecule has 1 aliphatic rings. The third-order valence-electron chi connectivity index (χ3n) is 6.56. The first-order chi connectivity index (χ1) is 18.3. The van der Waals surface area contributed by atoms with Crippen LogP contribution in [-0.4, -0.2) is 86.7 Å². The van der Waals surface area contributed by atoms with Gasteiger partial charge in [-0.25, -0.2) is 13.1 Å². The van der Waals surface area contributed by atoms with Gasteiger partial charge < -0.3 is 24.8 Å². The van der Waals surface area contributed by atoms with E-state index in [1.807, 2.05) is 16.7 Å². The number of nitriles is 1. The minimum Gasteiger partial charge on any atom is -0.394 e. The molecule has 2 heterocycles. The van der Waals surface area contributed by atoms with E-state index in [0.29, 0.717) is 5.69 Å². The van der Waals surface area contributed by atoms with Crippen molar-refractivity contribution in [2.75, 3.05) is 57.9 Å². The molecule has 202 valence electrons. The monoisotopic (exact) mass is 539 g/mol. The summed E-state index contributed by atoms with van der Waals surface area (Å²) in [5, 5.41) is 33.4. The van der Waals surface area contributed by atoms with Crippen LogP contribution in [0.2, 0.25) is 0 Å². The molecule has 1 saturated heterocycles. The second kappa shape index (κ2) is 12.5. The molecular formula is C27H33N5O5S. The van der Waals surface area contributed by atoms with Crippen LogP contribution in [0.1, 0.15) is 5.69 Å². The van der Waals surface area contributed by atoms with Crippen molar-refractivity contribution in [1.82, 2.24) is 14.2 Å². The largest absolute Gasteiger partial charge is 0.394 e. The van der Waals surface area contributed by atoms with Gasteiger partial charge in [-0.3, -0.25) is 4.90 Å². The van der Waals surface area contributed by atoms with Crippen LogP contribution >= 0.6 is 0 Å². The fourth-order valence-corrected chi connectivity index (χ4v) is 5.28. The summed E-state index contributed by atoms with van der Waals surface area (Å²) < 4.78 is 34.3. The number of anilines is 1. The predicted molar refractivity (Wildman–Crippen MR) is 148 cm³/mol. The molecule has 2 aromatic carbocycles. The van der Waals surface area contributed by atoms with Crippen LogP contribution in [0.25, 0.3) is 28.1 Å². The summed E-state index contributed by atoms with van der Waals surface area (Å²) in [6.45, 7) is 4.39. The van der Waals surface area contributed by atoms with Crippen molar-refractivity contribution in [3.05, 3.63) is 59.1 Å². The van der Waals surface area contributed by atoms with E-state index in [1.54, 1.807) is 19.2 Å². The van der Waals surface area contributed by atoms with Crippen LogP contribution in [0, 0.1) is 11.3 Å². The van der Waals surface area contributed by atoms with Gasteiger partial charge in [-0.15, -0.1) is 0 Å². The molecule has 4 rings (SSSR count). The van der Waals surface area contributed by atoms with Crippen molar-refractivity contribution in [1.29, 1.82) is 5.26 Å². The van der Waals surface area contributed by atoms with Gasteiger partial charge in [0.05, 0.1) is 25.9 Å². The highest BCUT2D eigenvalue weighted by Crippen LogP contribution is 2.28. The number of ether oxygens (including phenoxy) is 1. The van der Waals surface area contributed by atoms with Crippen molar-refractivity contribution in [2.24, 2.45) is 7.05 Å². The lowest BCUT2D eigenvalue weighted by atomic mass is 10.0. The van der Waals surface area contributed by atoms with E-state index < -0.39 is 34.2 Å². The van der Waals surface area contributed by atoms with Crippen LogP contribution in [0.4, 0.5) is 5.69 Å². The summed E-state index contributed by atoms with van der Waals surface area (Å²) in [6.07, 6.45) is 0.0359. The first-order valence-electron chi connectivity index (χ1n) is 12.4. The maximum Gasteiger partial charge on any atom is 0.250 e. The van der Waals surface area contributed by atoms with Crippen LogP contribution in [-0.2, 0) is 21.8 Å². The van der Waals surface area contributed by atoms with Crippen molar-refractivity contribution in [3.8, 4) is 17.3 Å². The highest BCUT2D eigenvalue weighted by Gasteiger charge is 2.20. The highest BCUT2D eigenvalue weighted by molar-refractivity contribution is 7.93. The molecule has 1 aliphatic heterocycles. The topological polar surface area (TPSA) is 140 Å². The summed E-state index contributed by atoms with van der Waals surface area (Å²) in [6, 6.07) is 17.8. The second-order valence-corrected chi connectivity index (χ2v) is 10.9. The maximum atomic E-state index is 12.5. The van der Waals surface area contributed by atoms with E-state index in [2.05, 4.69) is 45.3 Å². The Hall–Kier alpha value is -3.24. The van der Waals surface area contributed by atoms with E-state index in [-0.39, 0.29) is 0 Å². The van der Waals surface area contributed by atoms with Gasteiger partial charge in [-0.1, -0.05) is 18.2 Å². The number of aliphatic hydroxyl groups is 2. The first-order valence-corrected chi connectivity index (χ1v) is 13.9. The van der Waals surface area contributed by atoms with Gasteiger partial charge in [0.25, 0.3) is 10.0 Å². The third kappa shape index (κ3) is 6.79. The van der Waals surface area contributed by atoms with E-state index in [0.717, 1.165) is 67.1 Å². The summed E-state index contributed by atoms with van der Waals surface area (Å²) in [4.78, 5) is 1.91. The fourth-order valence-electron chi connectivity index (χ4n) is 4.31. The summed E-state index contributed by atoms with van der Waals surface area (Å²) in [5.74, 6) is 0. The number of benzene rings is 2. The third-order valence-corrected chi connectivity index (χ3v) is 7.89. The quantitative estimate of drug-likeness (QED) is 0.270. The normalized spacial score (nSPS) is 15.9. The molecule has 10 nitrogen and oxygen atoms in total. The summed E-state index contributed by atoms with van der Waals surface area (Å²) in [7, 11) is -2.34.